The lowest BCUT2D eigenvalue weighted by Gasteiger charge is -2.00. The van der Waals surface area contributed by atoms with Crippen molar-refractivity contribution in [3.63, 3.8) is 0 Å². The SMILES string of the molecule is CCCC(=O)SSC(=O)C(C)C. The van der Waals surface area contributed by atoms with Crippen LogP contribution in [-0.2, 0) is 9.59 Å². The molecule has 70 valence electrons. The van der Waals surface area contributed by atoms with Crippen molar-refractivity contribution in [1.29, 1.82) is 0 Å². The van der Waals surface area contributed by atoms with E-state index in [1.165, 1.54) is 0 Å². The van der Waals surface area contributed by atoms with Gasteiger partial charge in [0.25, 0.3) is 0 Å². The highest BCUT2D eigenvalue weighted by Crippen LogP contribution is 2.27. The van der Waals surface area contributed by atoms with E-state index in [9.17, 15) is 9.59 Å². The minimum atomic E-state index is 0.0110. The average Bonchev–Trinajstić information content (AvgIpc) is 2.00. The van der Waals surface area contributed by atoms with E-state index in [1.54, 1.807) is 0 Å². The van der Waals surface area contributed by atoms with Crippen molar-refractivity contribution in [3.8, 4) is 0 Å². The van der Waals surface area contributed by atoms with E-state index in [-0.39, 0.29) is 16.1 Å². The van der Waals surface area contributed by atoms with Crippen LogP contribution in [0.25, 0.3) is 0 Å². The van der Waals surface area contributed by atoms with Gasteiger partial charge in [-0.2, -0.15) is 0 Å². The molecule has 12 heavy (non-hydrogen) atoms. The van der Waals surface area contributed by atoms with Gasteiger partial charge in [0.05, 0.1) is 0 Å². The van der Waals surface area contributed by atoms with Crippen molar-refractivity contribution < 1.29 is 9.59 Å². The van der Waals surface area contributed by atoms with Crippen LogP contribution in [0.5, 0.6) is 0 Å². The Morgan fingerprint density at radius 2 is 1.83 bits per heavy atom. The van der Waals surface area contributed by atoms with Gasteiger partial charge >= 0.3 is 0 Å². The van der Waals surface area contributed by atoms with Crippen molar-refractivity contribution in [3.05, 3.63) is 0 Å². The number of hydrogen-bond acceptors (Lipinski definition) is 4. The second kappa shape index (κ2) is 6.54. The van der Waals surface area contributed by atoms with Crippen LogP contribution in [0.1, 0.15) is 33.6 Å². The number of rotatable bonds is 3. The van der Waals surface area contributed by atoms with Gasteiger partial charge in [0, 0.05) is 12.3 Å². The molecule has 0 aromatic rings. The monoisotopic (exact) mass is 206 g/mol. The molecule has 0 amide bonds. The van der Waals surface area contributed by atoms with E-state index < -0.39 is 0 Å². The molecule has 0 aliphatic heterocycles. The third kappa shape index (κ3) is 5.66. The third-order valence-electron chi connectivity index (χ3n) is 1.14. The summed E-state index contributed by atoms with van der Waals surface area (Å²) >= 11 is 0. The van der Waals surface area contributed by atoms with Crippen LogP contribution in [0.15, 0.2) is 0 Å². The Hall–Kier alpha value is 0.0400. The fourth-order valence-electron chi connectivity index (χ4n) is 0.430. The lowest BCUT2D eigenvalue weighted by atomic mass is 10.3. The van der Waals surface area contributed by atoms with Crippen molar-refractivity contribution in [2.45, 2.75) is 33.6 Å². The zero-order valence-corrected chi connectivity index (χ0v) is 9.26. The molecule has 4 heteroatoms. The van der Waals surface area contributed by atoms with Gasteiger partial charge in [0.15, 0.2) is 5.12 Å². The largest absolute Gasteiger partial charge is 0.286 e. The summed E-state index contributed by atoms with van der Waals surface area (Å²) in [5.74, 6) is 0.0110. The topological polar surface area (TPSA) is 34.1 Å². The first kappa shape index (κ1) is 12.0. The van der Waals surface area contributed by atoms with Gasteiger partial charge in [0.2, 0.25) is 5.12 Å². The highest BCUT2D eigenvalue weighted by atomic mass is 33.1. The Morgan fingerprint density at radius 3 is 2.25 bits per heavy atom. The normalized spacial score (nSPS) is 10.3. The van der Waals surface area contributed by atoms with Gasteiger partial charge in [-0.15, -0.1) is 0 Å². The fraction of sp³-hybridized carbons (Fsp3) is 0.750. The zero-order chi connectivity index (χ0) is 9.56. The maximum absolute atomic E-state index is 11.0. The molecule has 0 N–H and O–H groups in total. The molecule has 0 aromatic carbocycles. The molecule has 0 aliphatic carbocycles. The number of carbonyl (C=O) groups is 2. The Morgan fingerprint density at radius 1 is 1.25 bits per heavy atom. The van der Waals surface area contributed by atoms with Crippen molar-refractivity contribution >= 4 is 31.8 Å². The molecule has 0 unspecified atom stereocenters. The van der Waals surface area contributed by atoms with Gasteiger partial charge in [-0.3, -0.25) is 9.59 Å². The number of hydrogen-bond donors (Lipinski definition) is 0. The lowest BCUT2D eigenvalue weighted by Crippen LogP contribution is -2.00. The van der Waals surface area contributed by atoms with Gasteiger partial charge < -0.3 is 0 Å². The van der Waals surface area contributed by atoms with E-state index in [4.69, 9.17) is 0 Å². The minimum Gasteiger partial charge on any atom is -0.286 e. The molecule has 2 nitrogen and oxygen atoms in total. The molecule has 0 bridgehead atoms. The highest BCUT2D eigenvalue weighted by Gasteiger charge is 2.11. The first-order chi connectivity index (χ1) is 5.57. The molecule has 0 saturated carbocycles. The van der Waals surface area contributed by atoms with E-state index >= 15 is 0 Å². The van der Waals surface area contributed by atoms with E-state index in [0.717, 1.165) is 28.0 Å². The highest BCUT2D eigenvalue weighted by molar-refractivity contribution is 8.87. The predicted molar refractivity (Wildman–Crippen MR) is 54.9 cm³/mol. The Labute approximate surface area is 81.3 Å². The van der Waals surface area contributed by atoms with Crippen LogP contribution in [0.3, 0.4) is 0 Å². The predicted octanol–water partition coefficient (Wildman–Crippen LogP) is 2.88. The van der Waals surface area contributed by atoms with E-state index in [1.807, 2.05) is 20.8 Å². The molecule has 0 aromatic heterocycles. The summed E-state index contributed by atoms with van der Waals surface area (Å²) < 4.78 is 0. The minimum absolute atomic E-state index is 0.0110. The Bertz CT molecular complexity index is 166. The summed E-state index contributed by atoms with van der Waals surface area (Å²) in [5, 5.41) is 0.168. The Balaban J connectivity index is 3.54. The molecule has 0 heterocycles. The molecular weight excluding hydrogens is 192 g/mol. The van der Waals surface area contributed by atoms with Crippen LogP contribution in [0.2, 0.25) is 0 Å². The van der Waals surface area contributed by atoms with Crippen molar-refractivity contribution in [2.75, 3.05) is 0 Å². The molecule has 0 aliphatic rings. The number of carbonyl (C=O) groups excluding carboxylic acids is 2. The summed E-state index contributed by atoms with van der Waals surface area (Å²) in [5.41, 5.74) is 0. The molecule has 0 fully saturated rings. The molecule has 0 radical (unpaired) electrons. The van der Waals surface area contributed by atoms with Crippen LogP contribution in [0.4, 0.5) is 0 Å². The molecule has 0 spiro atoms. The van der Waals surface area contributed by atoms with Gasteiger partial charge in [-0.25, -0.2) is 0 Å². The summed E-state index contributed by atoms with van der Waals surface area (Å²) in [6.45, 7) is 5.62. The molecular formula is C8H14O2S2. The maximum atomic E-state index is 11.0. The van der Waals surface area contributed by atoms with Gasteiger partial charge in [-0.05, 0) is 28.0 Å². The molecule has 0 atom stereocenters. The first-order valence-corrected chi connectivity index (χ1v) is 6.14. The summed E-state index contributed by atoms with van der Waals surface area (Å²) in [7, 11) is 2.13. The third-order valence-corrected chi connectivity index (χ3v) is 3.55. The van der Waals surface area contributed by atoms with Crippen molar-refractivity contribution in [2.24, 2.45) is 5.92 Å². The molecule has 0 saturated heterocycles. The second-order valence-electron chi connectivity index (χ2n) is 2.76. The van der Waals surface area contributed by atoms with E-state index in [2.05, 4.69) is 0 Å². The Kier molecular flexibility index (Phi) is 6.57. The smallest absolute Gasteiger partial charge is 0.202 e. The van der Waals surface area contributed by atoms with Gasteiger partial charge in [-0.1, -0.05) is 20.8 Å². The average molecular weight is 206 g/mol. The second-order valence-corrected chi connectivity index (χ2v) is 4.95. The maximum Gasteiger partial charge on any atom is 0.202 e. The summed E-state index contributed by atoms with van der Waals surface area (Å²) in [6, 6.07) is 0. The lowest BCUT2D eigenvalue weighted by molar-refractivity contribution is -0.113. The van der Waals surface area contributed by atoms with E-state index in [0.29, 0.717) is 6.42 Å². The van der Waals surface area contributed by atoms with Crippen LogP contribution in [-0.4, -0.2) is 10.2 Å². The van der Waals surface area contributed by atoms with Crippen LogP contribution in [0, 0.1) is 5.92 Å². The van der Waals surface area contributed by atoms with Crippen LogP contribution >= 0.6 is 21.6 Å². The standard InChI is InChI=1S/C8H14O2S2/c1-4-5-7(9)11-12-8(10)6(2)3/h6H,4-5H2,1-3H3. The molecule has 0 rings (SSSR count). The summed E-state index contributed by atoms with van der Waals surface area (Å²) in [6.07, 6.45) is 1.41. The summed E-state index contributed by atoms with van der Waals surface area (Å²) in [4.78, 5) is 22.0. The quantitative estimate of drug-likeness (QED) is 0.665. The van der Waals surface area contributed by atoms with Gasteiger partial charge in [0.1, 0.15) is 0 Å². The zero-order valence-electron chi connectivity index (χ0n) is 7.62. The van der Waals surface area contributed by atoms with Crippen molar-refractivity contribution in [1.82, 2.24) is 0 Å². The fourth-order valence-corrected chi connectivity index (χ4v) is 2.44. The first-order valence-electron chi connectivity index (χ1n) is 3.99. The van der Waals surface area contributed by atoms with Crippen LogP contribution < -0.4 is 0 Å².